The van der Waals surface area contributed by atoms with Crippen molar-refractivity contribution < 1.29 is 56.2 Å². The highest BCUT2D eigenvalue weighted by molar-refractivity contribution is 7.80. The lowest BCUT2D eigenvalue weighted by atomic mass is 9.99. The molecule has 0 spiro atoms. The average Bonchev–Trinajstić information content (AvgIpc) is 2.98. The maximum absolute atomic E-state index is 12.6. The number of carbonyl (C=O) groups is 1. The largest absolute Gasteiger partial charge is 0.457 e. The molecule has 0 aromatic heterocycles. The Kier molecular flexibility index (Phi) is 23.6. The number of ether oxygens (including phenoxy) is 4. The summed E-state index contributed by atoms with van der Waals surface area (Å²) in [7, 11) is -5.04. The second-order valence-electron chi connectivity index (χ2n) is 11.8. The minimum absolute atomic E-state index is 0.0415. The van der Waals surface area contributed by atoms with E-state index in [1.807, 2.05) is 0 Å². The number of aliphatic hydroxyl groups is 3. The van der Waals surface area contributed by atoms with Crippen molar-refractivity contribution in [2.24, 2.45) is 0 Å². The fraction of sp³-hybridized carbons (Fsp3) is 0.968. The fourth-order valence-corrected chi connectivity index (χ4v) is 5.65. The summed E-state index contributed by atoms with van der Waals surface area (Å²) in [6.45, 7) is 3.90. The first-order valence-electron chi connectivity index (χ1n) is 16.8. The van der Waals surface area contributed by atoms with Gasteiger partial charge in [0.05, 0.1) is 19.8 Å². The number of rotatable bonds is 28. The molecule has 4 N–H and O–H groups in total. The summed E-state index contributed by atoms with van der Waals surface area (Å²) in [5.74, 6) is -0.404. The van der Waals surface area contributed by atoms with Crippen LogP contribution in [0.5, 0.6) is 0 Å². The molecule has 0 radical (unpaired) electrons. The van der Waals surface area contributed by atoms with E-state index in [1.165, 1.54) is 64.2 Å². The molecule has 0 aliphatic carbocycles. The molecule has 0 saturated carbocycles. The van der Waals surface area contributed by atoms with Crippen LogP contribution in [-0.4, -0.2) is 97.5 Å². The van der Waals surface area contributed by atoms with Crippen molar-refractivity contribution in [2.45, 2.75) is 166 Å². The zero-order chi connectivity index (χ0) is 32.6. The maximum atomic E-state index is 12.6. The zero-order valence-electron chi connectivity index (χ0n) is 27.0. The number of unbranched alkanes of at least 4 members (excludes halogenated alkanes) is 15. The van der Waals surface area contributed by atoms with Crippen molar-refractivity contribution in [3.8, 4) is 0 Å². The number of aliphatic hydroxyl groups excluding tert-OH is 3. The Balaban J connectivity index is 2.59. The summed E-state index contributed by atoms with van der Waals surface area (Å²) in [5, 5.41) is 30.3. The molecule has 1 aliphatic heterocycles. The summed E-state index contributed by atoms with van der Waals surface area (Å²) in [6, 6.07) is 0. The van der Waals surface area contributed by atoms with Crippen LogP contribution in [0.2, 0.25) is 0 Å². The summed E-state index contributed by atoms with van der Waals surface area (Å²) in [5.41, 5.74) is 0. The number of hydrogen-bond acceptors (Lipinski definition) is 11. The van der Waals surface area contributed by atoms with Gasteiger partial charge in [-0.1, -0.05) is 110 Å². The predicted molar refractivity (Wildman–Crippen MR) is 165 cm³/mol. The van der Waals surface area contributed by atoms with E-state index in [1.54, 1.807) is 0 Å². The molecular weight excluding hydrogens is 596 g/mol. The van der Waals surface area contributed by atoms with Crippen molar-refractivity contribution in [3.05, 3.63) is 0 Å². The lowest BCUT2D eigenvalue weighted by Crippen LogP contribution is -2.60. The van der Waals surface area contributed by atoms with Crippen molar-refractivity contribution in [1.29, 1.82) is 0 Å². The second-order valence-corrected chi connectivity index (χ2v) is 12.8. The van der Waals surface area contributed by atoms with E-state index in [0.29, 0.717) is 13.0 Å². The SMILES string of the molecule is CCCCCCCCCCCC(=O)OC(COCCCCCCCCCC)COC1OC(CO)C(O)C(OS(=O)(=O)O)C1O. The Morgan fingerprint density at radius 2 is 1.30 bits per heavy atom. The second kappa shape index (κ2) is 25.2. The first-order valence-corrected chi connectivity index (χ1v) is 18.2. The smallest absolute Gasteiger partial charge is 0.397 e. The molecule has 0 amide bonds. The molecule has 6 atom stereocenters. The molecule has 13 heteroatoms. The Morgan fingerprint density at radius 1 is 0.773 bits per heavy atom. The van der Waals surface area contributed by atoms with Crippen LogP contribution in [0.1, 0.15) is 129 Å². The molecule has 12 nitrogen and oxygen atoms in total. The molecule has 1 aliphatic rings. The van der Waals surface area contributed by atoms with Crippen molar-refractivity contribution >= 4 is 16.4 Å². The van der Waals surface area contributed by atoms with Gasteiger partial charge in [0.25, 0.3) is 0 Å². The average molecular weight is 657 g/mol. The number of hydrogen-bond donors (Lipinski definition) is 4. The van der Waals surface area contributed by atoms with E-state index >= 15 is 0 Å². The molecule has 262 valence electrons. The van der Waals surface area contributed by atoms with Gasteiger partial charge in [-0.05, 0) is 12.8 Å². The van der Waals surface area contributed by atoms with Crippen molar-refractivity contribution in [3.63, 3.8) is 0 Å². The summed E-state index contributed by atoms with van der Waals surface area (Å²) in [4.78, 5) is 12.6. The van der Waals surface area contributed by atoms with Crippen LogP contribution < -0.4 is 0 Å². The monoisotopic (exact) mass is 656 g/mol. The van der Waals surface area contributed by atoms with Gasteiger partial charge in [0.1, 0.15) is 30.5 Å². The standard InChI is InChI=1S/C31H60O12S/c1-3-5-7-9-11-13-14-16-18-20-27(33)41-25(23-39-21-19-17-15-12-10-8-6-4-2)24-40-31-29(35)30(43-44(36,37)38)28(34)26(22-32)42-31/h25-26,28-32,34-35H,3-24H2,1-2H3,(H,36,37,38). The minimum Gasteiger partial charge on any atom is -0.457 e. The zero-order valence-corrected chi connectivity index (χ0v) is 27.8. The fourth-order valence-electron chi connectivity index (χ4n) is 5.14. The van der Waals surface area contributed by atoms with Gasteiger partial charge in [-0.25, -0.2) is 4.18 Å². The van der Waals surface area contributed by atoms with Crippen LogP contribution in [0.4, 0.5) is 0 Å². The quantitative estimate of drug-likeness (QED) is 0.0523. The van der Waals surface area contributed by atoms with E-state index in [0.717, 1.165) is 38.5 Å². The third-order valence-corrected chi connectivity index (χ3v) is 8.19. The molecule has 0 bridgehead atoms. The van der Waals surface area contributed by atoms with Crippen LogP contribution in [-0.2, 0) is 38.3 Å². The van der Waals surface area contributed by atoms with E-state index < -0.39 is 59.8 Å². The summed E-state index contributed by atoms with van der Waals surface area (Å²) >= 11 is 0. The molecule has 1 rings (SSSR count). The van der Waals surface area contributed by atoms with E-state index in [2.05, 4.69) is 18.0 Å². The Hall–Kier alpha value is -0.900. The van der Waals surface area contributed by atoms with Crippen LogP contribution in [0, 0.1) is 0 Å². The highest BCUT2D eigenvalue weighted by atomic mass is 32.3. The topological polar surface area (TPSA) is 178 Å². The van der Waals surface area contributed by atoms with Crippen LogP contribution in [0.15, 0.2) is 0 Å². The van der Waals surface area contributed by atoms with Crippen LogP contribution in [0.3, 0.4) is 0 Å². The number of carbonyl (C=O) groups excluding carboxylic acids is 1. The van der Waals surface area contributed by atoms with Gasteiger partial charge >= 0.3 is 16.4 Å². The molecule has 1 saturated heterocycles. The van der Waals surface area contributed by atoms with Gasteiger partial charge in [-0.3, -0.25) is 9.35 Å². The highest BCUT2D eigenvalue weighted by Gasteiger charge is 2.48. The molecular formula is C31H60O12S. The third kappa shape index (κ3) is 19.6. The van der Waals surface area contributed by atoms with Gasteiger partial charge in [0.2, 0.25) is 0 Å². The lowest BCUT2D eigenvalue weighted by molar-refractivity contribution is -0.301. The van der Waals surface area contributed by atoms with Gasteiger partial charge in [-0.15, -0.1) is 0 Å². The van der Waals surface area contributed by atoms with E-state index in [9.17, 15) is 28.5 Å². The Labute approximate surface area is 265 Å². The molecule has 6 unspecified atom stereocenters. The summed E-state index contributed by atoms with van der Waals surface area (Å²) in [6.07, 6.45) is 10.3. The first-order chi connectivity index (χ1) is 21.1. The highest BCUT2D eigenvalue weighted by Crippen LogP contribution is 2.26. The van der Waals surface area contributed by atoms with Gasteiger partial charge < -0.3 is 34.3 Å². The molecule has 0 aromatic rings. The van der Waals surface area contributed by atoms with Gasteiger partial charge in [0, 0.05) is 13.0 Å². The van der Waals surface area contributed by atoms with Gasteiger partial charge in [0.15, 0.2) is 6.29 Å². The molecule has 44 heavy (non-hydrogen) atoms. The maximum Gasteiger partial charge on any atom is 0.397 e. The first kappa shape index (κ1) is 41.1. The normalized spacial score (nSPS) is 23.1. The number of esters is 1. The third-order valence-electron chi connectivity index (χ3n) is 7.73. The van der Waals surface area contributed by atoms with E-state index in [-0.39, 0.29) is 19.6 Å². The molecule has 0 aromatic carbocycles. The Bertz CT molecular complexity index is 811. The van der Waals surface area contributed by atoms with Crippen molar-refractivity contribution in [2.75, 3.05) is 26.4 Å². The molecule has 1 heterocycles. The Morgan fingerprint density at radius 3 is 1.82 bits per heavy atom. The van der Waals surface area contributed by atoms with Crippen LogP contribution in [0.25, 0.3) is 0 Å². The minimum atomic E-state index is -5.04. The van der Waals surface area contributed by atoms with Crippen molar-refractivity contribution in [1.82, 2.24) is 0 Å². The van der Waals surface area contributed by atoms with E-state index in [4.69, 9.17) is 23.5 Å². The lowest BCUT2D eigenvalue weighted by Gasteiger charge is -2.41. The predicted octanol–water partition coefficient (Wildman–Crippen LogP) is 4.62. The molecule has 1 fully saturated rings. The van der Waals surface area contributed by atoms with Gasteiger partial charge in [-0.2, -0.15) is 8.42 Å². The summed E-state index contributed by atoms with van der Waals surface area (Å²) < 4.78 is 58.4. The van der Waals surface area contributed by atoms with Crippen LogP contribution >= 0.6 is 0 Å².